The molecule has 12 heteroatoms. The molecule has 0 amide bonds. The molecule has 0 bridgehead atoms. The maximum atomic E-state index is 5.51. The Morgan fingerprint density at radius 1 is 0.518 bits per heavy atom. The number of ether oxygens (including phenoxy) is 6. The zero-order chi connectivity index (χ0) is 41.7. The smallest absolute Gasteiger partial charge is 0.203 e. The van der Waals surface area contributed by atoms with Gasteiger partial charge in [-0.05, 0) is 146 Å². The standard InChI is InChI=1S/2C22H26BrNO3S/c2*1-13-7-17(11-18(23)15(13)3)14(2)8-21(28)24-12-16-9-19(25-4)22(27-6)20(10-16)26-5/h2*7-11H,12H2,1-6H3,(H,24,28)/b2*14-8+. The van der Waals surface area contributed by atoms with Crippen molar-refractivity contribution in [3.05, 3.63) is 114 Å². The normalized spacial score (nSPS) is 11.2. The van der Waals surface area contributed by atoms with E-state index in [1.165, 1.54) is 22.3 Å². The van der Waals surface area contributed by atoms with E-state index in [2.05, 4.69) is 108 Å². The zero-order valence-electron chi connectivity index (χ0n) is 34.2. The molecule has 0 aliphatic heterocycles. The van der Waals surface area contributed by atoms with Crippen molar-refractivity contribution in [2.75, 3.05) is 42.7 Å². The molecule has 4 aromatic carbocycles. The average Bonchev–Trinajstić information content (AvgIpc) is 3.18. The Labute approximate surface area is 360 Å². The summed E-state index contributed by atoms with van der Waals surface area (Å²) in [6.45, 7) is 13.6. The first-order valence-corrected chi connectivity index (χ1v) is 20.1. The predicted molar refractivity (Wildman–Crippen MR) is 246 cm³/mol. The monoisotopic (exact) mass is 926 g/mol. The van der Waals surface area contributed by atoms with Crippen LogP contribution in [0.1, 0.15) is 58.4 Å². The van der Waals surface area contributed by atoms with Crippen LogP contribution in [-0.4, -0.2) is 52.6 Å². The molecule has 0 spiro atoms. The quantitative estimate of drug-likeness (QED) is 0.0943. The van der Waals surface area contributed by atoms with Crippen molar-refractivity contribution in [1.82, 2.24) is 10.6 Å². The highest BCUT2D eigenvalue weighted by Crippen LogP contribution is 2.39. The first-order valence-electron chi connectivity index (χ1n) is 17.6. The SMILES string of the molecule is COc1cc(CNC(=S)/C=C(\C)c2cc(C)c(C)c(Br)c2)cc(OC)c1OC.COc1cc(CNC(=S)/C=C(\C)c2cc(C)c(C)c(Br)c2)cc(OC)c1OC. The molecular weight excluding hydrogens is 876 g/mol. The molecule has 56 heavy (non-hydrogen) atoms. The topological polar surface area (TPSA) is 79.4 Å². The van der Waals surface area contributed by atoms with E-state index in [-0.39, 0.29) is 0 Å². The van der Waals surface area contributed by atoms with Crippen LogP contribution < -0.4 is 39.1 Å². The second-order valence-corrected chi connectivity index (χ2v) is 15.5. The van der Waals surface area contributed by atoms with Crippen LogP contribution in [0.15, 0.2) is 69.6 Å². The lowest BCUT2D eigenvalue weighted by Crippen LogP contribution is -2.19. The average molecular weight is 929 g/mol. The number of halogens is 2. The lowest BCUT2D eigenvalue weighted by molar-refractivity contribution is 0.323. The molecule has 0 aromatic heterocycles. The highest BCUT2D eigenvalue weighted by molar-refractivity contribution is 9.10. The van der Waals surface area contributed by atoms with Gasteiger partial charge in [-0.3, -0.25) is 0 Å². The summed E-state index contributed by atoms with van der Waals surface area (Å²) >= 11 is 18.3. The van der Waals surface area contributed by atoms with Gasteiger partial charge in [0.2, 0.25) is 11.5 Å². The van der Waals surface area contributed by atoms with Crippen LogP contribution in [-0.2, 0) is 13.1 Å². The van der Waals surface area contributed by atoms with Gasteiger partial charge in [0.15, 0.2) is 23.0 Å². The minimum absolute atomic E-state index is 0.552. The van der Waals surface area contributed by atoms with Gasteiger partial charge in [-0.25, -0.2) is 0 Å². The predicted octanol–water partition coefficient (Wildman–Crippen LogP) is 11.2. The van der Waals surface area contributed by atoms with Gasteiger partial charge in [-0.1, -0.05) is 68.4 Å². The first-order chi connectivity index (χ1) is 26.6. The van der Waals surface area contributed by atoms with Gasteiger partial charge in [0.25, 0.3) is 0 Å². The molecule has 0 radical (unpaired) electrons. The van der Waals surface area contributed by atoms with Crippen molar-refractivity contribution in [1.29, 1.82) is 0 Å². The van der Waals surface area contributed by atoms with Crippen LogP contribution in [0, 0.1) is 27.7 Å². The van der Waals surface area contributed by atoms with E-state index in [1.807, 2.05) is 36.4 Å². The second-order valence-electron chi connectivity index (χ2n) is 13.0. The molecule has 0 saturated carbocycles. The van der Waals surface area contributed by atoms with Gasteiger partial charge in [-0.15, -0.1) is 0 Å². The molecule has 300 valence electrons. The number of benzene rings is 4. The summed E-state index contributed by atoms with van der Waals surface area (Å²) in [5.74, 6) is 3.64. The number of hydrogen-bond acceptors (Lipinski definition) is 8. The Hall–Kier alpha value is -4.10. The third-order valence-corrected chi connectivity index (χ3v) is 11.4. The summed E-state index contributed by atoms with van der Waals surface area (Å²) in [5, 5.41) is 6.54. The summed E-state index contributed by atoms with van der Waals surface area (Å²) < 4.78 is 34.5. The molecule has 2 N–H and O–H groups in total. The molecular formula is C44H52Br2N2O6S2. The van der Waals surface area contributed by atoms with E-state index in [4.69, 9.17) is 52.9 Å². The van der Waals surface area contributed by atoms with E-state index in [1.54, 1.807) is 42.7 Å². The Morgan fingerprint density at radius 2 is 0.821 bits per heavy atom. The molecule has 0 atom stereocenters. The van der Waals surface area contributed by atoms with Crippen LogP contribution in [0.5, 0.6) is 34.5 Å². The summed E-state index contributed by atoms with van der Waals surface area (Å²) in [4.78, 5) is 1.33. The summed E-state index contributed by atoms with van der Waals surface area (Å²) in [6.07, 6.45) is 3.95. The zero-order valence-corrected chi connectivity index (χ0v) is 39.0. The number of rotatable bonds is 14. The summed E-state index contributed by atoms with van der Waals surface area (Å²) in [6, 6.07) is 16.2. The van der Waals surface area contributed by atoms with Crippen molar-refractivity contribution < 1.29 is 28.4 Å². The number of thiocarbonyl (C=S) groups is 2. The Bertz CT molecular complexity index is 1870. The third-order valence-electron chi connectivity index (χ3n) is 9.20. The lowest BCUT2D eigenvalue weighted by atomic mass is 10.0. The van der Waals surface area contributed by atoms with Crippen LogP contribution in [0.2, 0.25) is 0 Å². The van der Waals surface area contributed by atoms with Gasteiger partial charge in [0.05, 0.1) is 52.6 Å². The second kappa shape index (κ2) is 22.0. The van der Waals surface area contributed by atoms with Crippen molar-refractivity contribution in [2.45, 2.75) is 54.6 Å². The van der Waals surface area contributed by atoms with Crippen molar-refractivity contribution >= 4 is 77.4 Å². The molecule has 0 fully saturated rings. The van der Waals surface area contributed by atoms with Gasteiger partial charge in [-0.2, -0.15) is 0 Å². The maximum absolute atomic E-state index is 5.51. The van der Waals surface area contributed by atoms with Crippen molar-refractivity contribution in [2.24, 2.45) is 0 Å². The van der Waals surface area contributed by atoms with Crippen LogP contribution in [0.4, 0.5) is 0 Å². The Morgan fingerprint density at radius 3 is 1.07 bits per heavy atom. The fourth-order valence-corrected chi connectivity index (χ4v) is 7.22. The van der Waals surface area contributed by atoms with Crippen LogP contribution >= 0.6 is 56.3 Å². The molecule has 0 aliphatic rings. The van der Waals surface area contributed by atoms with Crippen LogP contribution in [0.3, 0.4) is 0 Å². The Kier molecular flexibility index (Phi) is 18.2. The van der Waals surface area contributed by atoms with Gasteiger partial charge >= 0.3 is 0 Å². The maximum Gasteiger partial charge on any atom is 0.203 e. The molecule has 8 nitrogen and oxygen atoms in total. The Balaban J connectivity index is 0.000000300. The largest absolute Gasteiger partial charge is 0.493 e. The minimum Gasteiger partial charge on any atom is -0.493 e. The highest BCUT2D eigenvalue weighted by Gasteiger charge is 2.15. The van der Waals surface area contributed by atoms with E-state index in [9.17, 15) is 0 Å². The van der Waals surface area contributed by atoms with E-state index >= 15 is 0 Å². The van der Waals surface area contributed by atoms with E-state index < -0.39 is 0 Å². The molecule has 4 rings (SSSR count). The fraction of sp³-hybridized carbons (Fsp3) is 0.318. The molecule has 0 heterocycles. The minimum atomic E-state index is 0.552. The van der Waals surface area contributed by atoms with E-state index in [0.29, 0.717) is 57.6 Å². The number of hydrogen-bond donors (Lipinski definition) is 2. The van der Waals surface area contributed by atoms with E-state index in [0.717, 1.165) is 42.3 Å². The molecule has 4 aromatic rings. The summed E-state index contributed by atoms with van der Waals surface area (Å²) in [5.41, 5.74) is 11.5. The van der Waals surface area contributed by atoms with Crippen molar-refractivity contribution in [3.8, 4) is 34.5 Å². The number of methoxy groups -OCH3 is 6. The lowest BCUT2D eigenvalue weighted by Gasteiger charge is -2.15. The van der Waals surface area contributed by atoms with Crippen molar-refractivity contribution in [3.63, 3.8) is 0 Å². The van der Waals surface area contributed by atoms with Gasteiger partial charge < -0.3 is 39.1 Å². The van der Waals surface area contributed by atoms with Crippen LogP contribution in [0.25, 0.3) is 11.1 Å². The number of aryl methyl sites for hydroxylation is 2. The number of nitrogens with one attached hydrogen (secondary N) is 2. The first kappa shape index (κ1) is 46.3. The molecule has 0 saturated heterocycles. The summed E-state index contributed by atoms with van der Waals surface area (Å²) in [7, 11) is 9.60. The third kappa shape index (κ3) is 12.4. The highest BCUT2D eigenvalue weighted by atomic mass is 79.9. The van der Waals surface area contributed by atoms with Gasteiger partial charge in [0, 0.05) is 22.0 Å². The molecule has 0 aliphatic carbocycles. The number of allylic oxidation sites excluding steroid dienone is 2. The fourth-order valence-electron chi connectivity index (χ4n) is 5.60. The molecule has 0 unspecified atom stereocenters. The van der Waals surface area contributed by atoms with Gasteiger partial charge in [0.1, 0.15) is 0 Å².